The normalized spacial score (nSPS) is 11.7. The van der Waals surface area contributed by atoms with Crippen LogP contribution >= 0.6 is 23.2 Å². The minimum absolute atomic E-state index is 0.128. The number of hydrogen-bond acceptors (Lipinski definition) is 2. The van der Waals surface area contributed by atoms with Crippen molar-refractivity contribution in [1.82, 2.24) is 15.0 Å². The molecule has 1 aromatic carbocycles. The average molecular weight is 358 g/mol. The van der Waals surface area contributed by atoms with Crippen molar-refractivity contribution >= 4 is 23.2 Å². The van der Waals surface area contributed by atoms with Gasteiger partial charge in [0, 0.05) is 11.2 Å². The molecule has 0 aliphatic rings. The summed E-state index contributed by atoms with van der Waals surface area (Å²) in [6.07, 6.45) is -2.22. The number of aromatic nitrogens is 3. The fraction of sp³-hybridized carbons (Fsp3) is 0.0667. The van der Waals surface area contributed by atoms with Gasteiger partial charge in [-0.1, -0.05) is 35.3 Å². The van der Waals surface area contributed by atoms with Crippen LogP contribution in [0.15, 0.2) is 42.7 Å². The molecule has 0 bridgehead atoms. The number of aromatic amines is 1. The van der Waals surface area contributed by atoms with Gasteiger partial charge in [-0.25, -0.2) is 4.98 Å². The van der Waals surface area contributed by atoms with E-state index in [2.05, 4.69) is 15.0 Å². The lowest BCUT2D eigenvalue weighted by Gasteiger charge is -2.07. The highest BCUT2D eigenvalue weighted by atomic mass is 35.5. The van der Waals surface area contributed by atoms with Crippen LogP contribution in [0.2, 0.25) is 10.0 Å². The highest BCUT2D eigenvalue weighted by molar-refractivity contribution is 6.33. The molecule has 0 amide bonds. The summed E-state index contributed by atoms with van der Waals surface area (Å²) in [5.74, 6) is 0.286. The van der Waals surface area contributed by atoms with E-state index in [1.54, 1.807) is 30.5 Å². The standard InChI is InChI=1S/C15H8Cl2F3N3/c16-10-3-1-8(2-4-10)12-7-22-14(23-12)13-11(17)5-9(6-21-13)15(18,19)20/h1-7H,(H,22,23). The van der Waals surface area contributed by atoms with E-state index in [9.17, 15) is 13.2 Å². The van der Waals surface area contributed by atoms with Gasteiger partial charge in [0.15, 0.2) is 5.82 Å². The number of benzene rings is 1. The van der Waals surface area contributed by atoms with Gasteiger partial charge in [-0.15, -0.1) is 0 Å². The van der Waals surface area contributed by atoms with Gasteiger partial charge in [0.1, 0.15) is 5.69 Å². The summed E-state index contributed by atoms with van der Waals surface area (Å²) in [6.45, 7) is 0. The van der Waals surface area contributed by atoms with E-state index in [-0.39, 0.29) is 16.5 Å². The smallest absolute Gasteiger partial charge is 0.337 e. The number of H-pyrrole nitrogens is 1. The van der Waals surface area contributed by atoms with Crippen molar-refractivity contribution in [2.24, 2.45) is 0 Å². The zero-order valence-corrected chi connectivity index (χ0v) is 12.8. The maximum absolute atomic E-state index is 12.6. The number of imidazole rings is 1. The van der Waals surface area contributed by atoms with Crippen molar-refractivity contribution in [3.8, 4) is 22.8 Å². The quantitative estimate of drug-likeness (QED) is 0.661. The lowest BCUT2D eigenvalue weighted by Crippen LogP contribution is -2.06. The third-order valence-electron chi connectivity index (χ3n) is 3.12. The number of hydrogen-bond donors (Lipinski definition) is 1. The van der Waals surface area contributed by atoms with Crippen molar-refractivity contribution in [2.45, 2.75) is 6.18 Å². The molecule has 0 unspecified atom stereocenters. The van der Waals surface area contributed by atoms with Crippen LogP contribution in [-0.4, -0.2) is 15.0 Å². The van der Waals surface area contributed by atoms with Crippen molar-refractivity contribution < 1.29 is 13.2 Å². The van der Waals surface area contributed by atoms with Gasteiger partial charge in [-0.3, -0.25) is 4.98 Å². The van der Waals surface area contributed by atoms with Crippen LogP contribution in [0.5, 0.6) is 0 Å². The fourth-order valence-corrected chi connectivity index (χ4v) is 2.37. The molecule has 8 heteroatoms. The number of halogens is 5. The summed E-state index contributed by atoms with van der Waals surface area (Å²) in [5.41, 5.74) is 0.751. The summed E-state index contributed by atoms with van der Waals surface area (Å²) in [6, 6.07) is 7.86. The van der Waals surface area contributed by atoms with Crippen LogP contribution in [0.3, 0.4) is 0 Å². The van der Waals surface area contributed by atoms with Gasteiger partial charge in [-0.2, -0.15) is 13.2 Å². The van der Waals surface area contributed by atoms with Crippen molar-refractivity contribution in [1.29, 1.82) is 0 Å². The molecule has 0 fully saturated rings. The molecule has 1 N–H and O–H groups in total. The van der Waals surface area contributed by atoms with E-state index in [4.69, 9.17) is 23.2 Å². The minimum atomic E-state index is -4.49. The average Bonchev–Trinajstić information content (AvgIpc) is 2.96. The monoisotopic (exact) mass is 357 g/mol. The summed E-state index contributed by atoms with van der Waals surface area (Å²) >= 11 is 11.7. The predicted octanol–water partition coefficient (Wildman–Crippen LogP) is 5.46. The highest BCUT2D eigenvalue weighted by Crippen LogP contribution is 2.33. The molecule has 0 saturated heterocycles. The van der Waals surface area contributed by atoms with Crippen LogP contribution < -0.4 is 0 Å². The summed E-state index contributed by atoms with van der Waals surface area (Å²) < 4.78 is 37.9. The van der Waals surface area contributed by atoms with Gasteiger partial charge in [0.25, 0.3) is 0 Å². The SMILES string of the molecule is FC(F)(F)c1cnc(-c2ncc(-c3ccc(Cl)cc3)[nH]2)c(Cl)c1. The lowest BCUT2D eigenvalue weighted by molar-refractivity contribution is -0.137. The van der Waals surface area contributed by atoms with Crippen LogP contribution in [0, 0.1) is 0 Å². The molecule has 2 aromatic heterocycles. The molecule has 0 atom stereocenters. The largest absolute Gasteiger partial charge is 0.417 e. The Bertz CT molecular complexity index is 842. The fourth-order valence-electron chi connectivity index (χ4n) is 1.98. The van der Waals surface area contributed by atoms with Crippen LogP contribution in [0.4, 0.5) is 13.2 Å². The number of alkyl halides is 3. The topological polar surface area (TPSA) is 41.6 Å². The van der Waals surface area contributed by atoms with Crippen molar-refractivity contribution in [3.05, 3.63) is 58.3 Å². The third kappa shape index (κ3) is 3.33. The Balaban J connectivity index is 1.96. The van der Waals surface area contributed by atoms with Crippen LogP contribution in [0.25, 0.3) is 22.8 Å². The van der Waals surface area contributed by atoms with Crippen LogP contribution in [-0.2, 0) is 6.18 Å². The number of rotatable bonds is 2. The molecule has 0 radical (unpaired) electrons. The summed E-state index contributed by atoms with van der Waals surface area (Å²) in [7, 11) is 0. The van der Waals surface area contributed by atoms with Gasteiger partial charge in [-0.05, 0) is 23.8 Å². The third-order valence-corrected chi connectivity index (χ3v) is 3.66. The second-order valence-electron chi connectivity index (χ2n) is 4.70. The van der Waals surface area contributed by atoms with Gasteiger partial charge >= 0.3 is 6.18 Å². The first-order valence-corrected chi connectivity index (χ1v) is 7.14. The van der Waals surface area contributed by atoms with Gasteiger partial charge in [0.2, 0.25) is 0 Å². The van der Waals surface area contributed by atoms with E-state index in [1.807, 2.05) is 0 Å². The van der Waals surface area contributed by atoms with E-state index >= 15 is 0 Å². The van der Waals surface area contributed by atoms with Gasteiger partial charge in [0.05, 0.1) is 22.5 Å². The summed E-state index contributed by atoms with van der Waals surface area (Å²) in [5, 5.41) is 0.470. The Morgan fingerprint density at radius 1 is 0.957 bits per heavy atom. The molecule has 3 aromatic rings. The van der Waals surface area contributed by atoms with Crippen molar-refractivity contribution in [2.75, 3.05) is 0 Å². The predicted molar refractivity (Wildman–Crippen MR) is 82.3 cm³/mol. The van der Waals surface area contributed by atoms with E-state index in [0.29, 0.717) is 10.7 Å². The van der Waals surface area contributed by atoms with E-state index < -0.39 is 11.7 Å². The molecule has 0 aliphatic carbocycles. The number of nitrogens with zero attached hydrogens (tertiary/aromatic N) is 2. The Labute approximate surface area is 139 Å². The molecular formula is C15H8Cl2F3N3. The Morgan fingerprint density at radius 2 is 1.65 bits per heavy atom. The Kier molecular flexibility index (Phi) is 4.04. The molecule has 23 heavy (non-hydrogen) atoms. The molecule has 0 saturated carbocycles. The van der Waals surface area contributed by atoms with Crippen LogP contribution in [0.1, 0.15) is 5.56 Å². The number of pyridine rings is 1. The molecule has 3 nitrogen and oxygen atoms in total. The van der Waals surface area contributed by atoms with E-state index in [1.165, 1.54) is 0 Å². The lowest BCUT2D eigenvalue weighted by atomic mass is 10.2. The maximum Gasteiger partial charge on any atom is 0.417 e. The Hall–Kier alpha value is -2.05. The van der Waals surface area contributed by atoms with Gasteiger partial charge < -0.3 is 4.98 Å². The first-order valence-electron chi connectivity index (χ1n) is 6.38. The second-order valence-corrected chi connectivity index (χ2v) is 5.55. The molecule has 0 spiro atoms. The zero-order valence-electron chi connectivity index (χ0n) is 11.3. The second kappa shape index (κ2) is 5.86. The maximum atomic E-state index is 12.6. The van der Waals surface area contributed by atoms with Crippen molar-refractivity contribution in [3.63, 3.8) is 0 Å². The molecule has 2 heterocycles. The van der Waals surface area contributed by atoms with E-state index in [0.717, 1.165) is 17.8 Å². The molecular weight excluding hydrogens is 350 g/mol. The molecule has 3 rings (SSSR count). The summed E-state index contributed by atoms with van der Waals surface area (Å²) in [4.78, 5) is 10.9. The number of nitrogens with one attached hydrogen (secondary N) is 1. The molecule has 118 valence electrons. The first kappa shape index (κ1) is 15.8. The zero-order chi connectivity index (χ0) is 16.6. The first-order chi connectivity index (χ1) is 10.8. The Morgan fingerprint density at radius 3 is 2.26 bits per heavy atom. The minimum Gasteiger partial charge on any atom is -0.337 e. The highest BCUT2D eigenvalue weighted by Gasteiger charge is 2.31. The molecule has 0 aliphatic heterocycles.